The standard InChI is InChI=1S/C55H39N3/c1-55(2)50-28-25-42-33-47(50)48-34-43(26-29-51(48)55)57(41-20-11-16-38(32-41)37-15-10-19-40(31-37)56(42)39-17-4-3-5-18-39)44-27-30-54-49(35-44)46-22-8-9-23-53(46)58(54)52-24-12-14-36-13-6-7-21-45(36)52/h3-35H,1-2H3. The van der Waals surface area contributed by atoms with Gasteiger partial charge in [0.2, 0.25) is 0 Å². The molecule has 1 aliphatic carbocycles. The van der Waals surface area contributed by atoms with Crippen LogP contribution in [0.4, 0.5) is 34.1 Å². The first-order valence-electron chi connectivity index (χ1n) is 20.2. The first-order valence-corrected chi connectivity index (χ1v) is 20.2. The van der Waals surface area contributed by atoms with Crippen molar-refractivity contribution in [3.63, 3.8) is 0 Å². The van der Waals surface area contributed by atoms with Crippen LogP contribution in [0.25, 0.3) is 60.5 Å². The fraction of sp³-hybridized carbons (Fsp3) is 0.0545. The van der Waals surface area contributed by atoms with E-state index >= 15 is 0 Å². The first kappa shape index (κ1) is 32.8. The van der Waals surface area contributed by atoms with Crippen LogP contribution in [0.5, 0.6) is 0 Å². The Balaban J connectivity index is 1.12. The number of hydrogen-bond acceptors (Lipinski definition) is 2. The summed E-state index contributed by atoms with van der Waals surface area (Å²) >= 11 is 0. The van der Waals surface area contributed by atoms with Crippen molar-refractivity contribution >= 4 is 66.7 Å². The van der Waals surface area contributed by atoms with Crippen LogP contribution in [0, 0.1) is 0 Å². The largest absolute Gasteiger partial charge is 0.310 e. The van der Waals surface area contributed by atoms with Crippen molar-refractivity contribution in [1.29, 1.82) is 0 Å². The molecule has 3 nitrogen and oxygen atoms in total. The summed E-state index contributed by atoms with van der Waals surface area (Å²) < 4.78 is 2.44. The molecule has 2 aliphatic rings. The smallest absolute Gasteiger partial charge is 0.0542 e. The Labute approximate surface area is 338 Å². The van der Waals surface area contributed by atoms with Crippen LogP contribution in [-0.4, -0.2) is 4.57 Å². The van der Waals surface area contributed by atoms with E-state index in [0.29, 0.717) is 0 Å². The lowest BCUT2D eigenvalue weighted by Crippen LogP contribution is -2.16. The van der Waals surface area contributed by atoms with E-state index in [-0.39, 0.29) is 5.41 Å². The van der Waals surface area contributed by atoms with Crippen molar-refractivity contribution in [2.24, 2.45) is 0 Å². The van der Waals surface area contributed by atoms with E-state index in [0.717, 1.165) is 34.1 Å². The minimum atomic E-state index is -0.139. The lowest BCUT2D eigenvalue weighted by Gasteiger charge is -2.28. The van der Waals surface area contributed by atoms with Gasteiger partial charge in [0.1, 0.15) is 0 Å². The molecule has 0 saturated heterocycles. The molecule has 10 aromatic rings. The Morgan fingerprint density at radius 1 is 0.345 bits per heavy atom. The Bertz CT molecular complexity index is 3270. The third-order valence-electron chi connectivity index (χ3n) is 12.6. The number of nitrogens with zero attached hydrogens (tertiary/aromatic N) is 3. The molecule has 0 saturated carbocycles. The first-order chi connectivity index (χ1) is 28.5. The summed E-state index contributed by atoms with van der Waals surface area (Å²) in [7, 11) is 0. The maximum Gasteiger partial charge on any atom is 0.0542 e. The number of fused-ring (bicyclic) bond motifs is 11. The van der Waals surface area contributed by atoms with E-state index in [2.05, 4.69) is 228 Å². The number of benzene rings is 9. The predicted molar refractivity (Wildman–Crippen MR) is 244 cm³/mol. The van der Waals surface area contributed by atoms with Crippen molar-refractivity contribution in [1.82, 2.24) is 4.57 Å². The quantitative estimate of drug-likeness (QED) is 0.179. The van der Waals surface area contributed by atoms with Gasteiger partial charge in [0, 0.05) is 55.7 Å². The Kier molecular flexibility index (Phi) is 6.98. The third kappa shape index (κ3) is 4.80. The van der Waals surface area contributed by atoms with Gasteiger partial charge in [-0.15, -0.1) is 0 Å². The van der Waals surface area contributed by atoms with Gasteiger partial charge < -0.3 is 14.4 Å². The lowest BCUT2D eigenvalue weighted by atomic mass is 9.82. The predicted octanol–water partition coefficient (Wildman–Crippen LogP) is 15.2. The SMILES string of the molecule is CC1(C)c2ccc3cc2-c2cc(ccc21)N(c1ccc2c(c1)c1ccccc1n2-c1cccc2ccccc12)c1cccc(c1)-c1cccc(c1)N3c1ccccc1. The molecule has 58 heavy (non-hydrogen) atoms. The average Bonchev–Trinajstić information content (AvgIpc) is 3.71. The van der Waals surface area contributed by atoms with Gasteiger partial charge in [-0.25, -0.2) is 0 Å². The highest BCUT2D eigenvalue weighted by molar-refractivity contribution is 6.12. The van der Waals surface area contributed by atoms with Crippen LogP contribution in [0.1, 0.15) is 25.0 Å². The average molecular weight is 742 g/mol. The molecule has 274 valence electrons. The molecule has 0 spiro atoms. The van der Waals surface area contributed by atoms with E-state index in [9.17, 15) is 0 Å². The van der Waals surface area contributed by atoms with Gasteiger partial charge in [0.05, 0.1) is 16.7 Å². The fourth-order valence-electron chi connectivity index (χ4n) is 9.91. The van der Waals surface area contributed by atoms with Crippen LogP contribution in [0.2, 0.25) is 0 Å². The molecule has 1 aliphatic heterocycles. The van der Waals surface area contributed by atoms with Crippen LogP contribution in [0.3, 0.4) is 0 Å². The molecule has 0 atom stereocenters. The highest BCUT2D eigenvalue weighted by atomic mass is 15.1. The molecule has 1 aromatic heterocycles. The molecule has 12 rings (SSSR count). The van der Waals surface area contributed by atoms with Crippen molar-refractivity contribution in [3.05, 3.63) is 211 Å². The van der Waals surface area contributed by atoms with Crippen molar-refractivity contribution in [3.8, 4) is 27.9 Å². The zero-order chi connectivity index (χ0) is 38.5. The molecule has 2 heterocycles. The number of rotatable bonds is 3. The summed E-state index contributed by atoms with van der Waals surface area (Å²) in [5.41, 5.74) is 17.8. The van der Waals surface area contributed by atoms with Crippen molar-refractivity contribution in [2.45, 2.75) is 19.3 Å². The lowest BCUT2D eigenvalue weighted by molar-refractivity contribution is 0.660. The fourth-order valence-corrected chi connectivity index (χ4v) is 9.91. The van der Waals surface area contributed by atoms with E-state index in [4.69, 9.17) is 0 Å². The van der Waals surface area contributed by atoms with Crippen LogP contribution >= 0.6 is 0 Å². The van der Waals surface area contributed by atoms with Gasteiger partial charge in [-0.3, -0.25) is 0 Å². The van der Waals surface area contributed by atoms with E-state index < -0.39 is 0 Å². The molecule has 0 N–H and O–H groups in total. The molecule has 0 unspecified atom stereocenters. The van der Waals surface area contributed by atoms with Gasteiger partial charge in [0.25, 0.3) is 0 Å². The Morgan fingerprint density at radius 2 is 0.845 bits per heavy atom. The molecule has 0 amide bonds. The normalized spacial score (nSPS) is 13.8. The molecule has 0 radical (unpaired) electrons. The second-order valence-electron chi connectivity index (χ2n) is 16.2. The topological polar surface area (TPSA) is 11.4 Å². The number of hydrogen-bond donors (Lipinski definition) is 0. The van der Waals surface area contributed by atoms with Gasteiger partial charge in [-0.1, -0.05) is 123 Å². The monoisotopic (exact) mass is 741 g/mol. The molecule has 0 fully saturated rings. The summed E-state index contributed by atoms with van der Waals surface area (Å²) in [4.78, 5) is 4.85. The minimum Gasteiger partial charge on any atom is -0.310 e. The summed E-state index contributed by atoms with van der Waals surface area (Å²) in [6.45, 7) is 4.73. The second kappa shape index (κ2) is 12.3. The molecular formula is C55H39N3. The van der Waals surface area contributed by atoms with Gasteiger partial charge in [-0.2, -0.15) is 0 Å². The zero-order valence-electron chi connectivity index (χ0n) is 32.4. The van der Waals surface area contributed by atoms with Crippen LogP contribution in [0.15, 0.2) is 200 Å². The second-order valence-corrected chi connectivity index (χ2v) is 16.2. The summed E-state index contributed by atoms with van der Waals surface area (Å²) in [5, 5.41) is 4.94. The number of aromatic nitrogens is 1. The maximum absolute atomic E-state index is 2.45. The van der Waals surface area contributed by atoms with Crippen molar-refractivity contribution < 1.29 is 0 Å². The maximum atomic E-state index is 2.45. The molecular weight excluding hydrogens is 703 g/mol. The van der Waals surface area contributed by atoms with E-state index in [1.807, 2.05) is 0 Å². The summed E-state index contributed by atoms with van der Waals surface area (Å²) in [6.07, 6.45) is 0. The molecule has 3 heteroatoms. The van der Waals surface area contributed by atoms with E-state index in [1.165, 1.54) is 71.6 Å². The zero-order valence-corrected chi connectivity index (χ0v) is 32.4. The Hall–Kier alpha value is -7.36. The molecule has 9 aromatic carbocycles. The van der Waals surface area contributed by atoms with Crippen molar-refractivity contribution in [2.75, 3.05) is 9.80 Å². The minimum absolute atomic E-state index is 0.139. The van der Waals surface area contributed by atoms with Gasteiger partial charge in [0.15, 0.2) is 0 Å². The van der Waals surface area contributed by atoms with Crippen LogP contribution in [-0.2, 0) is 5.41 Å². The third-order valence-corrected chi connectivity index (χ3v) is 12.6. The van der Waals surface area contributed by atoms with E-state index in [1.54, 1.807) is 0 Å². The highest BCUT2D eigenvalue weighted by Gasteiger charge is 2.36. The molecule has 8 bridgehead atoms. The van der Waals surface area contributed by atoms with Crippen LogP contribution < -0.4 is 9.80 Å². The van der Waals surface area contributed by atoms with Gasteiger partial charge in [-0.05, 0) is 130 Å². The summed E-state index contributed by atoms with van der Waals surface area (Å²) in [6, 6.07) is 74.1. The number of anilines is 6. The number of para-hydroxylation sites is 2. The Morgan fingerprint density at radius 3 is 1.55 bits per heavy atom. The van der Waals surface area contributed by atoms with Gasteiger partial charge >= 0.3 is 0 Å². The summed E-state index contributed by atoms with van der Waals surface area (Å²) in [5.74, 6) is 0. The highest BCUT2D eigenvalue weighted by Crippen LogP contribution is 2.53.